The molecule has 1 aromatic carbocycles. The van der Waals surface area contributed by atoms with Gasteiger partial charge in [-0.1, -0.05) is 19.3 Å². The molecule has 7 nitrogen and oxygen atoms in total. The van der Waals surface area contributed by atoms with Gasteiger partial charge < -0.3 is 14.8 Å². The number of hydrogen-bond donors (Lipinski definition) is 2. The highest BCUT2D eigenvalue weighted by molar-refractivity contribution is 5.95. The Hall–Kier alpha value is -2.28. The van der Waals surface area contributed by atoms with Gasteiger partial charge in [-0.15, -0.1) is 0 Å². The fourth-order valence-corrected chi connectivity index (χ4v) is 7.08. The van der Waals surface area contributed by atoms with Crippen molar-refractivity contribution >= 4 is 17.5 Å². The lowest BCUT2D eigenvalue weighted by Gasteiger charge is -2.45. The van der Waals surface area contributed by atoms with Crippen molar-refractivity contribution in [1.29, 1.82) is 0 Å². The topological polar surface area (TPSA) is 79.9 Å². The average molecular weight is 412 g/mol. The highest BCUT2D eigenvalue weighted by Gasteiger charge is 2.58. The zero-order chi connectivity index (χ0) is 20.2. The molecule has 2 N–H and O–H groups in total. The third kappa shape index (κ3) is 2.89. The Balaban J connectivity index is 1.18. The Morgan fingerprint density at radius 2 is 1.83 bits per heavy atom. The molecule has 2 aliphatic heterocycles. The molecule has 4 fully saturated rings. The lowest BCUT2D eigenvalue weighted by Crippen LogP contribution is -2.63. The van der Waals surface area contributed by atoms with Gasteiger partial charge in [-0.2, -0.15) is 0 Å². The number of amides is 2. The second-order valence-corrected chi connectivity index (χ2v) is 9.59. The number of rotatable bonds is 3. The maximum absolute atomic E-state index is 13.3. The van der Waals surface area contributed by atoms with Crippen LogP contribution in [0.5, 0.6) is 11.5 Å². The molecule has 1 saturated heterocycles. The summed E-state index contributed by atoms with van der Waals surface area (Å²) in [5, 5.41) is 4.52. The van der Waals surface area contributed by atoms with Crippen LogP contribution in [-0.4, -0.2) is 36.2 Å². The lowest BCUT2D eigenvalue weighted by molar-refractivity contribution is -0.153. The van der Waals surface area contributed by atoms with Crippen molar-refractivity contribution in [2.75, 3.05) is 18.7 Å². The van der Waals surface area contributed by atoms with Crippen molar-refractivity contribution in [3.8, 4) is 11.5 Å². The molecule has 7 heteroatoms. The minimum absolute atomic E-state index is 0.0368. The maximum Gasteiger partial charge on any atom is 0.245 e. The van der Waals surface area contributed by atoms with E-state index >= 15 is 0 Å². The van der Waals surface area contributed by atoms with E-state index < -0.39 is 0 Å². The molecule has 6 atom stereocenters. The Kier molecular flexibility index (Phi) is 4.41. The van der Waals surface area contributed by atoms with Gasteiger partial charge in [-0.25, -0.2) is 5.43 Å². The number of ether oxygens (including phenoxy) is 2. The van der Waals surface area contributed by atoms with Gasteiger partial charge in [-0.05, 0) is 61.5 Å². The number of nitrogens with zero attached hydrogens (tertiary/aromatic N) is 1. The first-order chi connectivity index (χ1) is 14.7. The van der Waals surface area contributed by atoms with Crippen LogP contribution in [0.25, 0.3) is 0 Å². The van der Waals surface area contributed by atoms with E-state index in [1.807, 2.05) is 0 Å². The van der Waals surface area contributed by atoms with E-state index in [0.29, 0.717) is 41.0 Å². The highest BCUT2D eigenvalue weighted by Crippen LogP contribution is 2.57. The summed E-state index contributed by atoms with van der Waals surface area (Å²) in [6, 6.07) is 5.69. The Bertz CT molecular complexity index is 874. The van der Waals surface area contributed by atoms with E-state index in [1.54, 1.807) is 23.2 Å². The van der Waals surface area contributed by atoms with Crippen molar-refractivity contribution in [3.05, 3.63) is 18.2 Å². The van der Waals surface area contributed by atoms with Gasteiger partial charge in [0.15, 0.2) is 11.5 Å². The number of anilines is 1. The van der Waals surface area contributed by atoms with Crippen LogP contribution in [0.15, 0.2) is 18.2 Å². The van der Waals surface area contributed by atoms with E-state index in [0.717, 1.165) is 18.8 Å². The predicted molar refractivity (Wildman–Crippen MR) is 110 cm³/mol. The van der Waals surface area contributed by atoms with Gasteiger partial charge >= 0.3 is 0 Å². The molecule has 0 bridgehead atoms. The highest BCUT2D eigenvalue weighted by atomic mass is 16.7. The van der Waals surface area contributed by atoms with Crippen LogP contribution in [0.4, 0.5) is 5.69 Å². The normalized spacial score (nSPS) is 36.3. The molecule has 30 heavy (non-hydrogen) atoms. The molecule has 1 aromatic rings. The summed E-state index contributed by atoms with van der Waals surface area (Å²) in [6.07, 6.45) is 8.59. The van der Waals surface area contributed by atoms with Crippen molar-refractivity contribution in [3.63, 3.8) is 0 Å². The quantitative estimate of drug-likeness (QED) is 0.800. The fourth-order valence-electron chi connectivity index (χ4n) is 7.08. The van der Waals surface area contributed by atoms with E-state index in [2.05, 4.69) is 10.7 Å². The Morgan fingerprint density at radius 3 is 2.73 bits per heavy atom. The molecular formula is C23H29N3O4. The summed E-state index contributed by atoms with van der Waals surface area (Å²) >= 11 is 0. The smallest absolute Gasteiger partial charge is 0.245 e. The van der Waals surface area contributed by atoms with Crippen LogP contribution >= 0.6 is 0 Å². The van der Waals surface area contributed by atoms with Crippen LogP contribution in [0, 0.1) is 29.6 Å². The molecular weight excluding hydrogens is 382 g/mol. The fraction of sp³-hybridized carbons (Fsp3) is 0.652. The summed E-state index contributed by atoms with van der Waals surface area (Å²) in [6.45, 7) is 0.237. The summed E-state index contributed by atoms with van der Waals surface area (Å²) in [5.41, 5.74) is 4.18. The third-order valence-electron chi connectivity index (χ3n) is 8.16. The van der Waals surface area contributed by atoms with E-state index in [1.165, 1.54) is 32.1 Å². The molecule has 160 valence electrons. The van der Waals surface area contributed by atoms with E-state index in [4.69, 9.17) is 9.47 Å². The molecule has 6 rings (SSSR count). The summed E-state index contributed by atoms with van der Waals surface area (Å²) < 4.78 is 10.7. The Labute approximate surface area is 176 Å². The first kappa shape index (κ1) is 18.5. The SMILES string of the molecule is O=C(CN1NC2C3CCCCC3C3CCCC(C1=O)C32)Nc1ccc2c(c1)OCO2. The van der Waals surface area contributed by atoms with Gasteiger partial charge in [0.1, 0.15) is 6.54 Å². The number of hydrogen-bond acceptors (Lipinski definition) is 5. The molecule has 2 heterocycles. The van der Waals surface area contributed by atoms with Gasteiger partial charge in [0, 0.05) is 23.7 Å². The number of hydrazine groups is 1. The van der Waals surface area contributed by atoms with E-state index in [9.17, 15) is 9.59 Å². The first-order valence-corrected chi connectivity index (χ1v) is 11.5. The number of carbonyl (C=O) groups is 2. The summed E-state index contributed by atoms with van der Waals surface area (Å²) in [4.78, 5) is 26.0. The predicted octanol–water partition coefficient (Wildman–Crippen LogP) is 2.92. The molecule has 2 amide bonds. The average Bonchev–Trinajstić information content (AvgIpc) is 3.35. The number of fused-ring (bicyclic) bond motifs is 4. The zero-order valence-corrected chi connectivity index (χ0v) is 17.1. The second-order valence-electron chi connectivity index (χ2n) is 9.59. The molecule has 0 spiro atoms. The lowest BCUT2D eigenvalue weighted by atomic mass is 9.68. The molecule has 3 aliphatic carbocycles. The molecule has 6 unspecified atom stereocenters. The van der Waals surface area contributed by atoms with Gasteiger partial charge in [-0.3, -0.25) is 14.6 Å². The number of carbonyl (C=O) groups excluding carboxylic acids is 2. The van der Waals surface area contributed by atoms with Crippen LogP contribution in [0.1, 0.15) is 44.9 Å². The summed E-state index contributed by atoms with van der Waals surface area (Å²) in [7, 11) is 0. The van der Waals surface area contributed by atoms with Crippen LogP contribution in [-0.2, 0) is 9.59 Å². The molecule has 3 saturated carbocycles. The van der Waals surface area contributed by atoms with Gasteiger partial charge in [0.05, 0.1) is 0 Å². The van der Waals surface area contributed by atoms with Crippen LogP contribution in [0.3, 0.4) is 0 Å². The van der Waals surface area contributed by atoms with Crippen molar-refractivity contribution < 1.29 is 19.1 Å². The maximum atomic E-state index is 13.3. The number of nitrogens with one attached hydrogen (secondary N) is 2. The molecule has 0 aromatic heterocycles. The second kappa shape index (κ2) is 7.15. The molecule has 5 aliphatic rings. The first-order valence-electron chi connectivity index (χ1n) is 11.5. The van der Waals surface area contributed by atoms with Gasteiger partial charge in [0.25, 0.3) is 0 Å². The van der Waals surface area contributed by atoms with Crippen molar-refractivity contribution in [2.45, 2.75) is 51.0 Å². The minimum Gasteiger partial charge on any atom is -0.454 e. The largest absolute Gasteiger partial charge is 0.454 e. The monoisotopic (exact) mass is 411 g/mol. The summed E-state index contributed by atoms with van der Waals surface area (Å²) in [5.74, 6) is 3.89. The van der Waals surface area contributed by atoms with E-state index in [-0.39, 0.29) is 31.1 Å². The Morgan fingerprint density at radius 1 is 1.03 bits per heavy atom. The van der Waals surface area contributed by atoms with Crippen molar-refractivity contribution in [2.24, 2.45) is 29.6 Å². The standard InChI is InChI=1S/C23H29N3O4/c27-20(24-13-8-9-18-19(10-13)30-12-29-18)11-26-23(28)17-7-3-6-15-14-4-1-2-5-16(14)22(25-26)21(15)17/h8-10,14-17,21-22,25H,1-7,11-12H2,(H,24,27). The zero-order valence-electron chi connectivity index (χ0n) is 17.1. The third-order valence-corrected chi connectivity index (χ3v) is 8.16. The van der Waals surface area contributed by atoms with Crippen LogP contribution < -0.4 is 20.2 Å². The molecule has 0 radical (unpaired) electrons. The van der Waals surface area contributed by atoms with Crippen LogP contribution in [0.2, 0.25) is 0 Å². The van der Waals surface area contributed by atoms with Gasteiger partial charge in [0.2, 0.25) is 18.6 Å². The number of benzene rings is 1. The minimum atomic E-state index is -0.196. The van der Waals surface area contributed by atoms with Crippen molar-refractivity contribution in [1.82, 2.24) is 10.4 Å².